The number of rotatable bonds is 8. The van der Waals surface area contributed by atoms with Crippen molar-refractivity contribution in [2.45, 2.75) is 26.7 Å². The Bertz CT molecular complexity index is 376. The number of hydrogen-bond donors (Lipinski definition) is 1. The van der Waals surface area contributed by atoms with Crippen molar-refractivity contribution in [1.29, 1.82) is 0 Å². The van der Waals surface area contributed by atoms with Gasteiger partial charge in [0, 0.05) is 19.3 Å². The van der Waals surface area contributed by atoms with Crippen LogP contribution in [0.2, 0.25) is 0 Å². The molecule has 0 atom stereocenters. The zero-order valence-corrected chi connectivity index (χ0v) is 12.8. The van der Waals surface area contributed by atoms with Crippen LogP contribution in [0, 0.1) is 6.92 Å². The molecule has 0 saturated carbocycles. The SMILES string of the molecule is CCN(CCCN(C)C)c1ncc(CCN)cc1C. The largest absolute Gasteiger partial charge is 0.357 e. The molecule has 19 heavy (non-hydrogen) atoms. The van der Waals surface area contributed by atoms with E-state index in [2.05, 4.69) is 48.8 Å². The van der Waals surface area contributed by atoms with Crippen molar-refractivity contribution in [3.8, 4) is 0 Å². The molecule has 2 N–H and O–H groups in total. The molecule has 0 amide bonds. The van der Waals surface area contributed by atoms with Gasteiger partial charge in [-0.1, -0.05) is 6.07 Å². The molecule has 0 aliphatic rings. The molecule has 4 heteroatoms. The Morgan fingerprint density at radius 2 is 2.00 bits per heavy atom. The van der Waals surface area contributed by atoms with Gasteiger partial charge in [-0.3, -0.25) is 0 Å². The van der Waals surface area contributed by atoms with E-state index in [1.165, 1.54) is 11.1 Å². The molecule has 0 unspecified atom stereocenters. The molecule has 0 aliphatic heterocycles. The van der Waals surface area contributed by atoms with Gasteiger partial charge in [0.2, 0.25) is 0 Å². The van der Waals surface area contributed by atoms with Gasteiger partial charge in [-0.15, -0.1) is 0 Å². The fourth-order valence-electron chi connectivity index (χ4n) is 2.25. The maximum absolute atomic E-state index is 5.59. The first-order valence-corrected chi connectivity index (χ1v) is 7.13. The van der Waals surface area contributed by atoms with Crippen molar-refractivity contribution >= 4 is 5.82 Å². The number of anilines is 1. The highest BCUT2D eigenvalue weighted by atomic mass is 15.2. The van der Waals surface area contributed by atoms with Gasteiger partial charge < -0.3 is 15.5 Å². The van der Waals surface area contributed by atoms with Gasteiger partial charge in [-0.25, -0.2) is 4.98 Å². The first-order chi connectivity index (χ1) is 9.08. The van der Waals surface area contributed by atoms with Gasteiger partial charge in [0.05, 0.1) is 0 Å². The monoisotopic (exact) mass is 264 g/mol. The fraction of sp³-hybridized carbons (Fsp3) is 0.667. The summed E-state index contributed by atoms with van der Waals surface area (Å²) in [5, 5.41) is 0. The summed E-state index contributed by atoms with van der Waals surface area (Å²) in [4.78, 5) is 9.20. The lowest BCUT2D eigenvalue weighted by Crippen LogP contribution is -2.28. The van der Waals surface area contributed by atoms with E-state index in [0.29, 0.717) is 6.54 Å². The number of pyridine rings is 1. The molecule has 4 nitrogen and oxygen atoms in total. The standard InChI is InChI=1S/C15H28N4/c1-5-19(10-6-9-18(3)4)15-13(2)11-14(7-8-16)12-17-15/h11-12H,5-10,16H2,1-4H3. The number of hydrogen-bond acceptors (Lipinski definition) is 4. The van der Waals surface area contributed by atoms with E-state index in [4.69, 9.17) is 5.73 Å². The number of aromatic nitrogens is 1. The van der Waals surface area contributed by atoms with Gasteiger partial charge in [0.25, 0.3) is 0 Å². The zero-order valence-electron chi connectivity index (χ0n) is 12.8. The van der Waals surface area contributed by atoms with Crippen LogP contribution in [0.4, 0.5) is 5.82 Å². The van der Waals surface area contributed by atoms with E-state index >= 15 is 0 Å². The second-order valence-electron chi connectivity index (χ2n) is 5.26. The van der Waals surface area contributed by atoms with Crippen LogP contribution >= 0.6 is 0 Å². The smallest absolute Gasteiger partial charge is 0.131 e. The third-order valence-corrected chi connectivity index (χ3v) is 3.25. The first-order valence-electron chi connectivity index (χ1n) is 7.13. The van der Waals surface area contributed by atoms with E-state index in [1.54, 1.807) is 0 Å². The lowest BCUT2D eigenvalue weighted by molar-refractivity contribution is 0.400. The molecule has 0 saturated heterocycles. The summed E-state index contributed by atoms with van der Waals surface area (Å²) >= 11 is 0. The van der Waals surface area contributed by atoms with Crippen molar-refractivity contribution < 1.29 is 0 Å². The Kier molecular flexibility index (Phi) is 6.81. The summed E-state index contributed by atoms with van der Waals surface area (Å²) in [5.74, 6) is 1.11. The van der Waals surface area contributed by atoms with Crippen molar-refractivity contribution in [1.82, 2.24) is 9.88 Å². The number of nitrogens with zero attached hydrogens (tertiary/aromatic N) is 3. The average Bonchev–Trinajstić information content (AvgIpc) is 2.36. The molecular weight excluding hydrogens is 236 g/mol. The van der Waals surface area contributed by atoms with Gasteiger partial charge in [-0.2, -0.15) is 0 Å². The van der Waals surface area contributed by atoms with Gasteiger partial charge in [-0.05, 0) is 65.0 Å². The maximum Gasteiger partial charge on any atom is 0.131 e. The van der Waals surface area contributed by atoms with Crippen LogP contribution in [0.15, 0.2) is 12.3 Å². The maximum atomic E-state index is 5.59. The van der Waals surface area contributed by atoms with Gasteiger partial charge in [0.1, 0.15) is 5.82 Å². The molecule has 0 aliphatic carbocycles. The van der Waals surface area contributed by atoms with Crippen LogP contribution < -0.4 is 10.6 Å². The van der Waals surface area contributed by atoms with Crippen LogP contribution in [0.25, 0.3) is 0 Å². The minimum Gasteiger partial charge on any atom is -0.357 e. The van der Waals surface area contributed by atoms with Crippen LogP contribution in [-0.4, -0.2) is 50.2 Å². The second-order valence-corrected chi connectivity index (χ2v) is 5.26. The minimum absolute atomic E-state index is 0.681. The lowest BCUT2D eigenvalue weighted by Gasteiger charge is -2.24. The highest BCUT2D eigenvalue weighted by Crippen LogP contribution is 2.18. The van der Waals surface area contributed by atoms with Crippen LogP contribution in [0.3, 0.4) is 0 Å². The Labute approximate surface area is 117 Å². The van der Waals surface area contributed by atoms with E-state index in [0.717, 1.165) is 38.3 Å². The predicted octanol–water partition coefficient (Wildman–Crippen LogP) is 1.67. The second kappa shape index (κ2) is 8.12. The van der Waals surface area contributed by atoms with Crippen molar-refractivity contribution in [3.05, 3.63) is 23.4 Å². The quantitative estimate of drug-likeness (QED) is 0.776. The molecular formula is C15H28N4. The first kappa shape index (κ1) is 15.9. The molecule has 1 aromatic heterocycles. The molecule has 0 aromatic carbocycles. The Balaban J connectivity index is 2.69. The summed E-state index contributed by atoms with van der Waals surface area (Å²) in [6, 6.07) is 2.21. The minimum atomic E-state index is 0.681. The molecule has 0 radical (unpaired) electrons. The van der Waals surface area contributed by atoms with Crippen LogP contribution in [0.5, 0.6) is 0 Å². The highest BCUT2D eigenvalue weighted by Gasteiger charge is 2.09. The number of nitrogens with two attached hydrogens (primary N) is 1. The van der Waals surface area contributed by atoms with Gasteiger partial charge in [0.15, 0.2) is 0 Å². The molecule has 0 bridgehead atoms. The summed E-state index contributed by atoms with van der Waals surface area (Å²) < 4.78 is 0. The van der Waals surface area contributed by atoms with Crippen molar-refractivity contribution in [2.75, 3.05) is 45.2 Å². The van der Waals surface area contributed by atoms with E-state index < -0.39 is 0 Å². The molecule has 1 aromatic rings. The molecule has 0 fully saturated rings. The van der Waals surface area contributed by atoms with Crippen LogP contribution in [-0.2, 0) is 6.42 Å². The third-order valence-electron chi connectivity index (χ3n) is 3.25. The molecule has 1 heterocycles. The zero-order chi connectivity index (χ0) is 14.3. The summed E-state index contributed by atoms with van der Waals surface area (Å²) in [6.45, 7) is 8.17. The summed E-state index contributed by atoms with van der Waals surface area (Å²) in [6.07, 6.45) is 4.02. The Morgan fingerprint density at radius 1 is 1.26 bits per heavy atom. The Morgan fingerprint density at radius 3 is 2.53 bits per heavy atom. The summed E-state index contributed by atoms with van der Waals surface area (Å²) in [5.41, 5.74) is 8.06. The van der Waals surface area contributed by atoms with Crippen molar-refractivity contribution in [3.63, 3.8) is 0 Å². The van der Waals surface area contributed by atoms with Crippen molar-refractivity contribution in [2.24, 2.45) is 5.73 Å². The Hall–Kier alpha value is -1.13. The van der Waals surface area contributed by atoms with Gasteiger partial charge >= 0.3 is 0 Å². The molecule has 1 rings (SSSR count). The number of aryl methyl sites for hydroxylation is 1. The lowest BCUT2D eigenvalue weighted by atomic mass is 10.1. The fourth-order valence-corrected chi connectivity index (χ4v) is 2.25. The topological polar surface area (TPSA) is 45.4 Å². The molecule has 108 valence electrons. The van der Waals surface area contributed by atoms with E-state index in [-0.39, 0.29) is 0 Å². The molecule has 0 spiro atoms. The predicted molar refractivity (Wildman–Crippen MR) is 82.8 cm³/mol. The normalized spacial score (nSPS) is 11.1. The van der Waals surface area contributed by atoms with E-state index in [9.17, 15) is 0 Å². The van der Waals surface area contributed by atoms with Crippen LogP contribution in [0.1, 0.15) is 24.5 Å². The van der Waals surface area contributed by atoms with E-state index in [1.807, 2.05) is 6.20 Å². The highest BCUT2D eigenvalue weighted by molar-refractivity contribution is 5.47. The third kappa shape index (κ3) is 5.17. The summed E-state index contributed by atoms with van der Waals surface area (Å²) in [7, 11) is 4.22. The average molecular weight is 264 g/mol.